The first-order valence-electron chi connectivity index (χ1n) is 5.77. The molecular weight excluding hydrogens is 224 g/mol. The number of aliphatic hydroxyl groups is 1. The summed E-state index contributed by atoms with van der Waals surface area (Å²) in [6, 6.07) is 16.6. The number of hydrogen-bond acceptors (Lipinski definition) is 2. The summed E-state index contributed by atoms with van der Waals surface area (Å²) in [4.78, 5) is 11.8. The Hall–Kier alpha value is -2.19. The molecule has 0 heterocycles. The van der Waals surface area contributed by atoms with Crippen LogP contribution in [0.3, 0.4) is 0 Å². The van der Waals surface area contributed by atoms with Gasteiger partial charge >= 0.3 is 0 Å². The van der Waals surface area contributed by atoms with Crippen LogP contribution in [-0.4, -0.2) is 10.9 Å². The molecule has 90 valence electrons. The SMILES string of the molecule is O=C(/C=C/c1ccc(CO)cc1)c1ccccc1. The van der Waals surface area contributed by atoms with Gasteiger partial charge in [-0.25, -0.2) is 0 Å². The quantitative estimate of drug-likeness (QED) is 0.656. The first-order chi connectivity index (χ1) is 8.79. The molecule has 0 fully saturated rings. The molecule has 2 heteroatoms. The van der Waals surface area contributed by atoms with Gasteiger partial charge in [-0.15, -0.1) is 0 Å². The van der Waals surface area contributed by atoms with E-state index in [0.717, 1.165) is 11.1 Å². The van der Waals surface area contributed by atoms with Crippen LogP contribution >= 0.6 is 0 Å². The molecule has 0 bridgehead atoms. The third-order valence-corrected chi connectivity index (χ3v) is 2.65. The molecular formula is C16H14O2. The smallest absolute Gasteiger partial charge is 0.185 e. The number of ketones is 1. The average molecular weight is 238 g/mol. The minimum Gasteiger partial charge on any atom is -0.392 e. The fourth-order valence-electron chi connectivity index (χ4n) is 1.60. The first-order valence-corrected chi connectivity index (χ1v) is 5.77. The second kappa shape index (κ2) is 5.94. The lowest BCUT2D eigenvalue weighted by Crippen LogP contribution is -1.92. The van der Waals surface area contributed by atoms with Gasteiger partial charge in [0.1, 0.15) is 0 Å². The maximum Gasteiger partial charge on any atom is 0.185 e. The normalized spacial score (nSPS) is 10.7. The van der Waals surface area contributed by atoms with Crippen LogP contribution in [0, 0.1) is 0 Å². The predicted molar refractivity (Wildman–Crippen MR) is 72.2 cm³/mol. The number of rotatable bonds is 4. The fourth-order valence-corrected chi connectivity index (χ4v) is 1.60. The van der Waals surface area contributed by atoms with Gasteiger partial charge < -0.3 is 5.11 Å². The van der Waals surface area contributed by atoms with Crippen molar-refractivity contribution in [2.24, 2.45) is 0 Å². The fraction of sp³-hybridized carbons (Fsp3) is 0.0625. The van der Waals surface area contributed by atoms with Gasteiger partial charge in [-0.3, -0.25) is 4.79 Å². The monoisotopic (exact) mass is 238 g/mol. The zero-order valence-electron chi connectivity index (χ0n) is 9.91. The topological polar surface area (TPSA) is 37.3 Å². The molecule has 0 aliphatic carbocycles. The van der Waals surface area contributed by atoms with Crippen molar-refractivity contribution in [1.82, 2.24) is 0 Å². The van der Waals surface area contributed by atoms with Gasteiger partial charge in [-0.2, -0.15) is 0 Å². The number of allylic oxidation sites excluding steroid dienone is 1. The predicted octanol–water partition coefficient (Wildman–Crippen LogP) is 3.08. The highest BCUT2D eigenvalue weighted by molar-refractivity contribution is 6.06. The van der Waals surface area contributed by atoms with E-state index in [4.69, 9.17) is 5.11 Å². The first kappa shape index (κ1) is 12.3. The minimum atomic E-state index is -0.0122. The highest BCUT2D eigenvalue weighted by Gasteiger charge is 1.99. The number of carbonyl (C=O) groups is 1. The zero-order chi connectivity index (χ0) is 12.8. The van der Waals surface area contributed by atoms with Crippen LogP contribution < -0.4 is 0 Å². The molecule has 0 aliphatic heterocycles. The van der Waals surface area contributed by atoms with Crippen molar-refractivity contribution in [2.45, 2.75) is 6.61 Å². The van der Waals surface area contributed by atoms with E-state index in [-0.39, 0.29) is 12.4 Å². The van der Waals surface area contributed by atoms with Crippen LogP contribution in [0.4, 0.5) is 0 Å². The van der Waals surface area contributed by atoms with Crippen LogP contribution in [-0.2, 0) is 6.61 Å². The standard InChI is InChI=1S/C16H14O2/c17-12-14-8-6-13(7-9-14)10-11-16(18)15-4-2-1-3-5-15/h1-11,17H,12H2/b11-10+. The van der Waals surface area contributed by atoms with Gasteiger partial charge in [0.2, 0.25) is 0 Å². The van der Waals surface area contributed by atoms with Gasteiger partial charge in [0.15, 0.2) is 5.78 Å². The molecule has 1 N–H and O–H groups in total. The molecule has 0 spiro atoms. The summed E-state index contributed by atoms with van der Waals surface area (Å²) in [5, 5.41) is 8.92. The largest absolute Gasteiger partial charge is 0.392 e. The molecule has 0 saturated heterocycles. The number of carbonyl (C=O) groups excluding carboxylic acids is 1. The second-order valence-electron chi connectivity index (χ2n) is 3.96. The van der Waals surface area contributed by atoms with E-state index in [1.165, 1.54) is 0 Å². The summed E-state index contributed by atoms with van der Waals surface area (Å²) in [5.74, 6) is -0.0122. The molecule has 0 amide bonds. The average Bonchev–Trinajstić information content (AvgIpc) is 2.46. The highest BCUT2D eigenvalue weighted by atomic mass is 16.3. The molecule has 0 aromatic heterocycles. The molecule has 2 aromatic carbocycles. The molecule has 0 saturated carbocycles. The lowest BCUT2D eigenvalue weighted by Gasteiger charge is -1.97. The number of benzene rings is 2. The Balaban J connectivity index is 2.08. The van der Waals surface area contributed by atoms with Crippen molar-refractivity contribution in [1.29, 1.82) is 0 Å². The van der Waals surface area contributed by atoms with E-state index in [2.05, 4.69) is 0 Å². The van der Waals surface area contributed by atoms with Gasteiger partial charge in [0, 0.05) is 5.56 Å². The van der Waals surface area contributed by atoms with Gasteiger partial charge in [-0.05, 0) is 17.2 Å². The second-order valence-corrected chi connectivity index (χ2v) is 3.96. The summed E-state index contributed by atoms with van der Waals surface area (Å²) in [7, 11) is 0. The molecule has 2 rings (SSSR count). The molecule has 0 radical (unpaired) electrons. The van der Waals surface area contributed by atoms with Crippen LogP contribution in [0.5, 0.6) is 0 Å². The number of aliphatic hydroxyl groups excluding tert-OH is 1. The third kappa shape index (κ3) is 3.15. The van der Waals surface area contributed by atoms with E-state index in [1.54, 1.807) is 24.3 Å². The van der Waals surface area contributed by atoms with Crippen molar-refractivity contribution in [3.05, 3.63) is 77.4 Å². The van der Waals surface area contributed by atoms with E-state index in [1.807, 2.05) is 42.5 Å². The Bertz CT molecular complexity index is 539. The molecule has 0 aliphatic rings. The maximum absolute atomic E-state index is 11.8. The molecule has 0 unspecified atom stereocenters. The van der Waals surface area contributed by atoms with Crippen LogP contribution in [0.15, 0.2) is 60.7 Å². The number of hydrogen-bond donors (Lipinski definition) is 1. The summed E-state index contributed by atoms with van der Waals surface area (Å²) >= 11 is 0. The van der Waals surface area contributed by atoms with E-state index >= 15 is 0 Å². The molecule has 18 heavy (non-hydrogen) atoms. The summed E-state index contributed by atoms with van der Waals surface area (Å²) < 4.78 is 0. The lowest BCUT2D eigenvalue weighted by molar-refractivity contribution is 0.104. The van der Waals surface area contributed by atoms with Crippen molar-refractivity contribution in [2.75, 3.05) is 0 Å². The Morgan fingerprint density at radius 2 is 1.67 bits per heavy atom. The van der Waals surface area contributed by atoms with Crippen molar-refractivity contribution in [3.8, 4) is 0 Å². The maximum atomic E-state index is 11.8. The van der Waals surface area contributed by atoms with Crippen LogP contribution in [0.2, 0.25) is 0 Å². The summed E-state index contributed by atoms with van der Waals surface area (Å²) in [6.45, 7) is 0.0347. The Morgan fingerprint density at radius 1 is 1.00 bits per heavy atom. The Morgan fingerprint density at radius 3 is 2.28 bits per heavy atom. The van der Waals surface area contributed by atoms with Gasteiger partial charge in [0.25, 0.3) is 0 Å². The van der Waals surface area contributed by atoms with Gasteiger partial charge in [0.05, 0.1) is 6.61 Å². The third-order valence-electron chi connectivity index (χ3n) is 2.65. The highest BCUT2D eigenvalue weighted by Crippen LogP contribution is 2.08. The van der Waals surface area contributed by atoms with Gasteiger partial charge in [-0.1, -0.05) is 60.7 Å². The summed E-state index contributed by atoms with van der Waals surface area (Å²) in [5.41, 5.74) is 2.48. The van der Waals surface area contributed by atoms with Crippen molar-refractivity contribution >= 4 is 11.9 Å². The van der Waals surface area contributed by atoms with Crippen LogP contribution in [0.1, 0.15) is 21.5 Å². The van der Waals surface area contributed by atoms with E-state index in [0.29, 0.717) is 5.56 Å². The molecule has 2 nitrogen and oxygen atoms in total. The van der Waals surface area contributed by atoms with E-state index in [9.17, 15) is 4.79 Å². The Kier molecular flexibility index (Phi) is 4.05. The van der Waals surface area contributed by atoms with Crippen LogP contribution in [0.25, 0.3) is 6.08 Å². The lowest BCUT2D eigenvalue weighted by atomic mass is 10.1. The van der Waals surface area contributed by atoms with Crippen molar-refractivity contribution in [3.63, 3.8) is 0 Å². The molecule has 2 aromatic rings. The minimum absolute atomic E-state index is 0.0122. The molecule has 0 atom stereocenters. The van der Waals surface area contributed by atoms with Crippen molar-refractivity contribution < 1.29 is 9.90 Å². The van der Waals surface area contributed by atoms with E-state index < -0.39 is 0 Å². The summed E-state index contributed by atoms with van der Waals surface area (Å²) in [6.07, 6.45) is 3.33. The Labute approximate surface area is 106 Å². The zero-order valence-corrected chi connectivity index (χ0v) is 9.91.